The first-order valence-corrected chi connectivity index (χ1v) is 6.81. The molecule has 0 aromatic carbocycles. The van der Waals surface area contributed by atoms with Crippen LogP contribution in [0.25, 0.3) is 0 Å². The summed E-state index contributed by atoms with van der Waals surface area (Å²) in [6.07, 6.45) is 4.12. The van der Waals surface area contributed by atoms with E-state index in [2.05, 4.69) is 27.0 Å². The number of hydrogen-bond donors (Lipinski definition) is 2. The lowest BCUT2D eigenvalue weighted by Gasteiger charge is -2.22. The molecular weight excluding hydrogens is 220 g/mol. The molecule has 1 aromatic heterocycles. The Kier molecular flexibility index (Phi) is 3.88. The Morgan fingerprint density at radius 2 is 2.19 bits per heavy atom. The van der Waals surface area contributed by atoms with Gasteiger partial charge in [0.15, 0.2) is 0 Å². The second kappa shape index (κ2) is 5.39. The van der Waals surface area contributed by atoms with E-state index in [0.717, 1.165) is 23.8 Å². The van der Waals surface area contributed by atoms with Gasteiger partial charge < -0.3 is 11.1 Å². The van der Waals surface area contributed by atoms with Crippen LogP contribution in [-0.2, 0) is 0 Å². The van der Waals surface area contributed by atoms with E-state index in [-0.39, 0.29) is 0 Å². The first-order valence-electron chi connectivity index (χ1n) is 5.66. The van der Waals surface area contributed by atoms with Crippen LogP contribution >= 0.6 is 11.8 Å². The van der Waals surface area contributed by atoms with E-state index >= 15 is 0 Å². The first kappa shape index (κ1) is 11.5. The summed E-state index contributed by atoms with van der Waals surface area (Å²) in [5.74, 6) is 4.80. The molecule has 1 aromatic rings. The van der Waals surface area contributed by atoms with Crippen molar-refractivity contribution in [3.05, 3.63) is 11.9 Å². The number of rotatable bonds is 3. The molecule has 2 heterocycles. The molecule has 16 heavy (non-hydrogen) atoms. The summed E-state index contributed by atoms with van der Waals surface area (Å²) < 4.78 is 0. The zero-order valence-electron chi connectivity index (χ0n) is 9.57. The third-order valence-electron chi connectivity index (χ3n) is 3.02. The largest absolute Gasteiger partial charge is 0.383 e. The minimum absolute atomic E-state index is 0.566. The maximum Gasteiger partial charge on any atom is 0.134 e. The van der Waals surface area contributed by atoms with Crippen molar-refractivity contribution in [1.29, 1.82) is 0 Å². The Morgan fingerprint density at radius 3 is 2.94 bits per heavy atom. The Balaban J connectivity index is 1.91. The molecular formula is C11H18N4S. The standard InChI is InChI=1S/C11H18N4S/c1-8-10(12)14-7-15-11(8)13-6-9-2-4-16-5-3-9/h7,9H,2-6H2,1H3,(H3,12,13,14,15). The third-order valence-corrected chi connectivity index (χ3v) is 4.07. The third kappa shape index (κ3) is 2.78. The Morgan fingerprint density at radius 1 is 1.44 bits per heavy atom. The molecule has 0 saturated carbocycles. The van der Waals surface area contributed by atoms with E-state index in [1.807, 2.05) is 6.92 Å². The summed E-state index contributed by atoms with van der Waals surface area (Å²) in [5.41, 5.74) is 6.69. The maximum absolute atomic E-state index is 5.73. The molecule has 4 nitrogen and oxygen atoms in total. The minimum Gasteiger partial charge on any atom is -0.383 e. The molecule has 0 aliphatic carbocycles. The van der Waals surface area contributed by atoms with Gasteiger partial charge >= 0.3 is 0 Å². The molecule has 0 amide bonds. The molecule has 1 fully saturated rings. The van der Waals surface area contributed by atoms with Gasteiger partial charge in [-0.1, -0.05) is 0 Å². The molecule has 1 aliphatic rings. The van der Waals surface area contributed by atoms with Crippen molar-refractivity contribution in [2.75, 3.05) is 29.1 Å². The number of nitrogens with one attached hydrogen (secondary N) is 1. The van der Waals surface area contributed by atoms with Gasteiger partial charge in [0.2, 0.25) is 0 Å². The van der Waals surface area contributed by atoms with Crippen molar-refractivity contribution in [1.82, 2.24) is 9.97 Å². The normalized spacial score (nSPS) is 17.3. The SMILES string of the molecule is Cc1c(N)ncnc1NCC1CCSCC1. The Hall–Kier alpha value is -0.970. The second-order valence-electron chi connectivity index (χ2n) is 4.17. The fourth-order valence-electron chi connectivity index (χ4n) is 1.83. The predicted octanol–water partition coefficient (Wildman–Crippen LogP) is 1.92. The van der Waals surface area contributed by atoms with Gasteiger partial charge in [0.1, 0.15) is 18.0 Å². The van der Waals surface area contributed by atoms with Gasteiger partial charge in [-0.15, -0.1) is 0 Å². The number of aromatic nitrogens is 2. The average molecular weight is 238 g/mol. The molecule has 0 radical (unpaired) electrons. The van der Waals surface area contributed by atoms with Gasteiger partial charge in [-0.3, -0.25) is 0 Å². The quantitative estimate of drug-likeness (QED) is 0.842. The van der Waals surface area contributed by atoms with Crippen LogP contribution in [0, 0.1) is 12.8 Å². The van der Waals surface area contributed by atoms with E-state index in [1.165, 1.54) is 30.7 Å². The molecule has 1 aliphatic heterocycles. The molecule has 2 rings (SSSR count). The van der Waals surface area contributed by atoms with Gasteiger partial charge in [0.05, 0.1) is 0 Å². The summed E-state index contributed by atoms with van der Waals surface area (Å²) >= 11 is 2.05. The fraction of sp³-hybridized carbons (Fsp3) is 0.636. The van der Waals surface area contributed by atoms with Crippen LogP contribution in [0.5, 0.6) is 0 Å². The number of nitrogens with zero attached hydrogens (tertiary/aromatic N) is 2. The molecule has 0 unspecified atom stereocenters. The zero-order valence-corrected chi connectivity index (χ0v) is 10.4. The van der Waals surface area contributed by atoms with Crippen molar-refractivity contribution in [2.24, 2.45) is 5.92 Å². The van der Waals surface area contributed by atoms with Crippen molar-refractivity contribution < 1.29 is 0 Å². The van der Waals surface area contributed by atoms with Crippen LogP contribution in [0.1, 0.15) is 18.4 Å². The molecule has 5 heteroatoms. The number of hydrogen-bond acceptors (Lipinski definition) is 5. The highest BCUT2D eigenvalue weighted by molar-refractivity contribution is 7.99. The Labute approximate surface area is 100 Å². The van der Waals surface area contributed by atoms with Crippen LogP contribution in [0.15, 0.2) is 6.33 Å². The first-order chi connectivity index (χ1) is 7.77. The number of thioether (sulfide) groups is 1. The second-order valence-corrected chi connectivity index (χ2v) is 5.39. The predicted molar refractivity (Wildman–Crippen MR) is 69.7 cm³/mol. The lowest BCUT2D eigenvalue weighted by atomic mass is 10.0. The maximum atomic E-state index is 5.73. The van der Waals surface area contributed by atoms with Crippen molar-refractivity contribution in [3.63, 3.8) is 0 Å². The molecule has 0 spiro atoms. The van der Waals surface area contributed by atoms with E-state index in [9.17, 15) is 0 Å². The topological polar surface area (TPSA) is 63.8 Å². The highest BCUT2D eigenvalue weighted by atomic mass is 32.2. The van der Waals surface area contributed by atoms with Crippen molar-refractivity contribution in [3.8, 4) is 0 Å². The van der Waals surface area contributed by atoms with Gasteiger partial charge in [0, 0.05) is 12.1 Å². The van der Waals surface area contributed by atoms with Crippen LogP contribution in [0.3, 0.4) is 0 Å². The molecule has 3 N–H and O–H groups in total. The minimum atomic E-state index is 0.566. The zero-order chi connectivity index (χ0) is 11.4. The summed E-state index contributed by atoms with van der Waals surface area (Å²) in [6, 6.07) is 0. The van der Waals surface area contributed by atoms with E-state index in [4.69, 9.17) is 5.73 Å². The monoisotopic (exact) mass is 238 g/mol. The van der Waals surface area contributed by atoms with E-state index in [0.29, 0.717) is 5.82 Å². The van der Waals surface area contributed by atoms with Crippen molar-refractivity contribution >= 4 is 23.4 Å². The molecule has 88 valence electrons. The van der Waals surface area contributed by atoms with Gasteiger partial charge in [-0.25, -0.2) is 9.97 Å². The number of nitrogen functional groups attached to an aromatic ring is 1. The van der Waals surface area contributed by atoms with Crippen LogP contribution < -0.4 is 11.1 Å². The molecule has 1 saturated heterocycles. The highest BCUT2D eigenvalue weighted by Crippen LogP contribution is 2.23. The summed E-state index contributed by atoms with van der Waals surface area (Å²) in [7, 11) is 0. The lowest BCUT2D eigenvalue weighted by molar-refractivity contribution is 0.515. The molecule has 0 bridgehead atoms. The van der Waals surface area contributed by atoms with Crippen molar-refractivity contribution in [2.45, 2.75) is 19.8 Å². The van der Waals surface area contributed by atoms with E-state index in [1.54, 1.807) is 0 Å². The summed E-state index contributed by atoms with van der Waals surface area (Å²) in [4.78, 5) is 8.17. The molecule has 0 atom stereocenters. The van der Waals surface area contributed by atoms with Gasteiger partial charge in [0.25, 0.3) is 0 Å². The van der Waals surface area contributed by atoms with Crippen LogP contribution in [-0.4, -0.2) is 28.0 Å². The summed E-state index contributed by atoms with van der Waals surface area (Å²) in [5, 5.41) is 3.38. The van der Waals surface area contributed by atoms with Gasteiger partial charge in [-0.2, -0.15) is 11.8 Å². The van der Waals surface area contributed by atoms with E-state index < -0.39 is 0 Å². The van der Waals surface area contributed by atoms with Crippen LogP contribution in [0.2, 0.25) is 0 Å². The lowest BCUT2D eigenvalue weighted by Crippen LogP contribution is -2.20. The highest BCUT2D eigenvalue weighted by Gasteiger charge is 2.14. The fourth-order valence-corrected chi connectivity index (χ4v) is 3.04. The average Bonchev–Trinajstić information content (AvgIpc) is 2.32. The number of nitrogens with two attached hydrogens (primary N) is 1. The Bertz CT molecular complexity index is 350. The number of anilines is 2. The van der Waals surface area contributed by atoms with Gasteiger partial charge in [-0.05, 0) is 37.2 Å². The van der Waals surface area contributed by atoms with Crippen LogP contribution in [0.4, 0.5) is 11.6 Å². The summed E-state index contributed by atoms with van der Waals surface area (Å²) in [6.45, 7) is 2.95. The smallest absolute Gasteiger partial charge is 0.134 e.